The molecule has 1 amide bonds. The molecule has 0 aliphatic carbocycles. The van der Waals surface area contributed by atoms with Crippen LogP contribution in [0.2, 0.25) is 0 Å². The van der Waals surface area contributed by atoms with E-state index in [1.807, 2.05) is 18.2 Å². The number of nitrogens with one attached hydrogen (secondary N) is 4. The van der Waals surface area contributed by atoms with Crippen LogP contribution >= 0.6 is 0 Å². The Balaban J connectivity index is 1.24. The Morgan fingerprint density at radius 2 is 1.91 bits per heavy atom. The van der Waals surface area contributed by atoms with Gasteiger partial charge in [-0.3, -0.25) is 14.8 Å². The van der Waals surface area contributed by atoms with Crippen molar-refractivity contribution >= 4 is 34.1 Å². The van der Waals surface area contributed by atoms with Crippen molar-refractivity contribution in [1.82, 2.24) is 34.9 Å². The second-order valence-corrected chi connectivity index (χ2v) is 7.97. The minimum Gasteiger partial charge on any atom is -0.357 e. The number of aromatic amines is 2. The van der Waals surface area contributed by atoms with Crippen LogP contribution in [-0.2, 0) is 6.54 Å². The number of likely N-dealkylation sites (N-methyl/N-ethyl adjacent to an activating group) is 1. The van der Waals surface area contributed by atoms with Crippen LogP contribution in [0.4, 0.5) is 17.2 Å². The number of carbonyl (C=O) groups excluding carboxylic acids is 1. The highest BCUT2D eigenvalue weighted by Gasteiger charge is 2.17. The van der Waals surface area contributed by atoms with Crippen molar-refractivity contribution in [3.63, 3.8) is 0 Å². The first-order valence-corrected chi connectivity index (χ1v) is 10.6. The molecule has 5 rings (SSSR count). The minimum atomic E-state index is -0.284. The molecule has 4 aromatic rings. The zero-order valence-corrected chi connectivity index (χ0v) is 17.8. The number of hydrogen-bond donors (Lipinski definition) is 4. The number of hydrogen-bond acceptors (Lipinski definition) is 7. The van der Waals surface area contributed by atoms with Gasteiger partial charge in [-0.15, -0.1) is 0 Å². The van der Waals surface area contributed by atoms with E-state index >= 15 is 0 Å². The summed E-state index contributed by atoms with van der Waals surface area (Å²) < 4.78 is 0. The number of H-pyrrole nitrogens is 2. The van der Waals surface area contributed by atoms with Crippen LogP contribution in [-0.4, -0.2) is 74.1 Å². The summed E-state index contributed by atoms with van der Waals surface area (Å²) in [6.07, 6.45) is 4.83. The van der Waals surface area contributed by atoms with Gasteiger partial charge in [-0.05, 0) is 30.8 Å². The Bertz CT molecular complexity index is 1210. The van der Waals surface area contributed by atoms with Gasteiger partial charge in [0.15, 0.2) is 5.82 Å². The quantitative estimate of drug-likeness (QED) is 0.370. The number of piperazine rings is 1. The first-order chi connectivity index (χ1) is 15.7. The van der Waals surface area contributed by atoms with Crippen molar-refractivity contribution in [3.8, 4) is 0 Å². The molecule has 1 aliphatic rings. The van der Waals surface area contributed by atoms with Gasteiger partial charge >= 0.3 is 0 Å². The normalized spacial score (nSPS) is 15.2. The molecular formula is C22H25N9O. The van der Waals surface area contributed by atoms with E-state index in [-0.39, 0.29) is 5.91 Å². The predicted octanol–water partition coefficient (Wildman–Crippen LogP) is 2.42. The summed E-state index contributed by atoms with van der Waals surface area (Å²) in [6, 6.07) is 9.84. The van der Waals surface area contributed by atoms with Gasteiger partial charge in [0, 0.05) is 44.6 Å². The minimum absolute atomic E-state index is 0.284. The second-order valence-electron chi connectivity index (χ2n) is 7.97. The van der Waals surface area contributed by atoms with Crippen molar-refractivity contribution in [2.45, 2.75) is 6.54 Å². The maximum atomic E-state index is 12.9. The molecule has 1 aromatic carbocycles. The van der Waals surface area contributed by atoms with Gasteiger partial charge in [0.05, 0.1) is 17.4 Å². The van der Waals surface area contributed by atoms with Crippen molar-refractivity contribution in [3.05, 3.63) is 60.3 Å². The maximum Gasteiger partial charge on any atom is 0.275 e. The monoisotopic (exact) mass is 431 g/mol. The number of anilines is 3. The average molecular weight is 432 g/mol. The Kier molecular flexibility index (Phi) is 5.53. The second kappa shape index (κ2) is 8.77. The van der Waals surface area contributed by atoms with Crippen LogP contribution < -0.4 is 10.6 Å². The van der Waals surface area contributed by atoms with Crippen LogP contribution in [0.5, 0.6) is 0 Å². The molecule has 3 aromatic heterocycles. The lowest BCUT2D eigenvalue weighted by Gasteiger charge is -2.32. The van der Waals surface area contributed by atoms with E-state index < -0.39 is 0 Å². The molecular weight excluding hydrogens is 406 g/mol. The van der Waals surface area contributed by atoms with Crippen LogP contribution in [0, 0.1) is 0 Å². The number of fused-ring (bicyclic) bond motifs is 1. The summed E-state index contributed by atoms with van der Waals surface area (Å²) in [4.78, 5) is 29.2. The van der Waals surface area contributed by atoms with Crippen molar-refractivity contribution in [1.29, 1.82) is 0 Å². The third-order valence-electron chi connectivity index (χ3n) is 5.68. The van der Waals surface area contributed by atoms with E-state index in [2.05, 4.69) is 64.8 Å². The molecule has 1 saturated heterocycles. The lowest BCUT2D eigenvalue weighted by atomic mass is 10.1. The van der Waals surface area contributed by atoms with E-state index in [4.69, 9.17) is 0 Å². The first-order valence-electron chi connectivity index (χ1n) is 10.6. The lowest BCUT2D eigenvalue weighted by molar-refractivity contribution is 0.102. The smallest absolute Gasteiger partial charge is 0.275 e. The van der Waals surface area contributed by atoms with Gasteiger partial charge in [-0.2, -0.15) is 5.10 Å². The fourth-order valence-corrected chi connectivity index (χ4v) is 3.80. The number of aromatic nitrogens is 5. The molecule has 0 radical (unpaired) electrons. The standard InChI is InChI=1S/C22H25N9O/c1-30-8-10-31(11-9-30)13-15-2-4-16(5-3-15)27-22(32)20-18(12-26-29-20)28-21-19-17(6-7-23-19)24-14-25-21/h2-7,12,14,23H,8-11,13H2,1H3,(H,26,29)(H,27,32)(H,24,25,28). The van der Waals surface area contributed by atoms with Crippen LogP contribution in [0.1, 0.15) is 16.1 Å². The highest BCUT2D eigenvalue weighted by atomic mass is 16.2. The van der Waals surface area contributed by atoms with E-state index in [0.717, 1.165) is 49.4 Å². The summed E-state index contributed by atoms with van der Waals surface area (Å²) in [5, 5.41) is 12.9. The zero-order chi connectivity index (χ0) is 21.9. The van der Waals surface area contributed by atoms with Gasteiger partial charge in [-0.25, -0.2) is 9.97 Å². The number of benzene rings is 1. The number of carbonyl (C=O) groups is 1. The molecule has 164 valence electrons. The highest BCUT2D eigenvalue weighted by molar-refractivity contribution is 6.07. The summed E-state index contributed by atoms with van der Waals surface area (Å²) in [6.45, 7) is 5.26. The molecule has 0 saturated carbocycles. The van der Waals surface area contributed by atoms with E-state index in [0.29, 0.717) is 17.2 Å². The predicted molar refractivity (Wildman–Crippen MR) is 123 cm³/mol. The number of amides is 1. The molecule has 0 spiro atoms. The molecule has 4 heterocycles. The summed E-state index contributed by atoms with van der Waals surface area (Å²) in [5.74, 6) is 0.289. The Labute approximate surface area is 185 Å². The maximum absolute atomic E-state index is 12.9. The number of rotatable bonds is 6. The Morgan fingerprint density at radius 1 is 1.09 bits per heavy atom. The Hall–Kier alpha value is -3.76. The average Bonchev–Trinajstić information content (AvgIpc) is 3.47. The molecule has 1 aliphatic heterocycles. The van der Waals surface area contributed by atoms with Crippen LogP contribution in [0.3, 0.4) is 0 Å². The van der Waals surface area contributed by atoms with E-state index in [1.54, 1.807) is 12.4 Å². The summed E-state index contributed by atoms with van der Waals surface area (Å²) >= 11 is 0. The molecule has 10 heteroatoms. The van der Waals surface area contributed by atoms with E-state index in [9.17, 15) is 4.79 Å². The largest absolute Gasteiger partial charge is 0.357 e. The van der Waals surface area contributed by atoms with Crippen molar-refractivity contribution in [2.24, 2.45) is 0 Å². The molecule has 32 heavy (non-hydrogen) atoms. The molecule has 0 unspecified atom stereocenters. The van der Waals surface area contributed by atoms with Crippen molar-refractivity contribution in [2.75, 3.05) is 43.9 Å². The fraction of sp³-hybridized carbons (Fsp3) is 0.273. The van der Waals surface area contributed by atoms with Gasteiger partial charge in [0.2, 0.25) is 0 Å². The molecule has 1 fully saturated rings. The van der Waals surface area contributed by atoms with E-state index in [1.165, 1.54) is 11.9 Å². The molecule has 0 bridgehead atoms. The van der Waals surface area contributed by atoms with Crippen LogP contribution in [0.25, 0.3) is 11.0 Å². The molecule has 0 atom stereocenters. The zero-order valence-electron chi connectivity index (χ0n) is 17.8. The SMILES string of the molecule is CN1CCN(Cc2ccc(NC(=O)c3[nH]ncc3Nc3ncnc4cc[nH]c34)cc2)CC1. The van der Waals surface area contributed by atoms with Gasteiger partial charge in [-0.1, -0.05) is 12.1 Å². The third kappa shape index (κ3) is 4.32. The third-order valence-corrected chi connectivity index (χ3v) is 5.68. The van der Waals surface area contributed by atoms with Crippen LogP contribution in [0.15, 0.2) is 49.1 Å². The lowest BCUT2D eigenvalue weighted by Crippen LogP contribution is -2.43. The highest BCUT2D eigenvalue weighted by Crippen LogP contribution is 2.23. The molecule has 4 N–H and O–H groups in total. The van der Waals surface area contributed by atoms with Gasteiger partial charge in [0.1, 0.15) is 17.5 Å². The first kappa shape index (κ1) is 20.2. The summed E-state index contributed by atoms with van der Waals surface area (Å²) in [7, 11) is 2.16. The molecule has 10 nitrogen and oxygen atoms in total. The van der Waals surface area contributed by atoms with Gasteiger partial charge < -0.3 is 20.5 Å². The number of nitrogens with zero attached hydrogens (tertiary/aromatic N) is 5. The van der Waals surface area contributed by atoms with Gasteiger partial charge in [0.25, 0.3) is 5.91 Å². The summed E-state index contributed by atoms with van der Waals surface area (Å²) in [5.41, 5.74) is 4.36. The Morgan fingerprint density at radius 3 is 2.72 bits per heavy atom. The fourth-order valence-electron chi connectivity index (χ4n) is 3.80. The van der Waals surface area contributed by atoms with Crippen molar-refractivity contribution < 1.29 is 4.79 Å². The topological polar surface area (TPSA) is 118 Å².